The number of halogens is 1. The third kappa shape index (κ3) is 5.13. The summed E-state index contributed by atoms with van der Waals surface area (Å²) in [6.07, 6.45) is 1.52. The van der Waals surface area contributed by atoms with Crippen molar-refractivity contribution in [3.63, 3.8) is 0 Å². The number of hydrogen-bond donors (Lipinski definition) is 2. The molecule has 2 saturated heterocycles. The lowest BCUT2D eigenvalue weighted by molar-refractivity contribution is -0.139. The van der Waals surface area contributed by atoms with Crippen LogP contribution in [0.25, 0.3) is 0 Å². The van der Waals surface area contributed by atoms with Crippen molar-refractivity contribution in [1.82, 2.24) is 10.2 Å². The van der Waals surface area contributed by atoms with Gasteiger partial charge in [-0.2, -0.15) is 0 Å². The Morgan fingerprint density at radius 3 is 2.76 bits per heavy atom. The van der Waals surface area contributed by atoms with Crippen molar-refractivity contribution in [2.75, 3.05) is 31.9 Å². The number of carbonyl (C=O) groups excluding carboxylic acids is 1. The van der Waals surface area contributed by atoms with Crippen molar-refractivity contribution < 1.29 is 9.90 Å². The van der Waals surface area contributed by atoms with Crippen molar-refractivity contribution in [2.24, 2.45) is 5.92 Å². The molecule has 25 heavy (non-hydrogen) atoms. The number of piperidine rings is 2. The van der Waals surface area contributed by atoms with Gasteiger partial charge in [0.15, 0.2) is 0 Å². The number of aliphatic hydroxyl groups is 1. The Morgan fingerprint density at radius 2 is 2.04 bits per heavy atom. The van der Waals surface area contributed by atoms with Crippen molar-refractivity contribution in [1.29, 1.82) is 0 Å². The van der Waals surface area contributed by atoms with Crippen LogP contribution in [0.1, 0.15) is 29.5 Å². The zero-order valence-corrected chi connectivity index (χ0v) is 16.7. The normalized spacial score (nSPS) is 25.9. The van der Waals surface area contributed by atoms with Crippen LogP contribution < -0.4 is 5.32 Å². The molecule has 140 valence electrons. The van der Waals surface area contributed by atoms with Crippen LogP contribution in [0, 0.1) is 19.8 Å². The number of rotatable bonds is 4. The predicted molar refractivity (Wildman–Crippen MR) is 106 cm³/mol. The number of thioether (sulfide) groups is 1. The van der Waals surface area contributed by atoms with Crippen LogP contribution in [0.3, 0.4) is 0 Å². The van der Waals surface area contributed by atoms with Crippen molar-refractivity contribution >= 4 is 30.1 Å². The smallest absolute Gasteiger partial charge is 0.232 e. The summed E-state index contributed by atoms with van der Waals surface area (Å²) in [5.41, 5.74) is 3.28. The van der Waals surface area contributed by atoms with Gasteiger partial charge in [0.1, 0.15) is 0 Å². The fourth-order valence-corrected chi connectivity index (χ4v) is 4.81. The maximum atomic E-state index is 12.5. The summed E-state index contributed by atoms with van der Waals surface area (Å²) >= 11 is 1.68. The van der Waals surface area contributed by atoms with Gasteiger partial charge in [-0.15, -0.1) is 24.2 Å². The van der Waals surface area contributed by atoms with E-state index in [4.69, 9.17) is 0 Å². The lowest BCUT2D eigenvalue weighted by Gasteiger charge is -2.47. The molecule has 0 saturated carbocycles. The van der Waals surface area contributed by atoms with Crippen LogP contribution in [-0.2, 0) is 10.5 Å². The Kier molecular flexibility index (Phi) is 7.20. The van der Waals surface area contributed by atoms with Crippen LogP contribution >= 0.6 is 24.2 Å². The molecule has 3 rings (SSSR count). The molecule has 2 heterocycles. The molecule has 6 heteroatoms. The minimum Gasteiger partial charge on any atom is -0.389 e. The summed E-state index contributed by atoms with van der Waals surface area (Å²) in [6, 6.07) is 6.56. The molecule has 0 spiro atoms. The second kappa shape index (κ2) is 8.76. The standard InChI is InChI=1S/C19H28N2O2S.ClH/c1-14-7-15(2)9-16(8-14)12-24-13-18(22)21-6-4-19(23)3-5-20-10-17(19)11-21;/h7-9,17,20,23H,3-6,10-13H2,1-2H3;1H/t17-,19-;/m0./s1. The summed E-state index contributed by atoms with van der Waals surface area (Å²) in [5, 5.41) is 14.0. The lowest BCUT2D eigenvalue weighted by atomic mass is 9.76. The van der Waals surface area contributed by atoms with Crippen LogP contribution in [0.2, 0.25) is 0 Å². The minimum absolute atomic E-state index is 0. The SMILES string of the molecule is Cc1cc(C)cc(CSCC(=O)N2CC[C@@]3(O)CCNC[C@H]3C2)c1.Cl. The van der Waals surface area contributed by atoms with E-state index < -0.39 is 5.60 Å². The number of fused-ring (bicyclic) bond motifs is 1. The van der Waals surface area contributed by atoms with Gasteiger partial charge in [0, 0.05) is 31.3 Å². The molecule has 2 atom stereocenters. The van der Waals surface area contributed by atoms with E-state index in [1.54, 1.807) is 11.8 Å². The zero-order chi connectivity index (χ0) is 17.2. The average Bonchev–Trinajstić information content (AvgIpc) is 2.53. The molecule has 0 radical (unpaired) electrons. The summed E-state index contributed by atoms with van der Waals surface area (Å²) in [5.74, 6) is 1.77. The van der Waals surface area contributed by atoms with E-state index in [1.807, 2.05) is 4.90 Å². The first-order valence-corrected chi connectivity index (χ1v) is 9.97. The molecule has 2 aliphatic rings. The highest BCUT2D eigenvalue weighted by Crippen LogP contribution is 2.33. The summed E-state index contributed by atoms with van der Waals surface area (Å²) in [4.78, 5) is 14.4. The van der Waals surface area contributed by atoms with E-state index in [1.165, 1.54) is 16.7 Å². The maximum Gasteiger partial charge on any atom is 0.232 e. The van der Waals surface area contributed by atoms with Gasteiger partial charge in [0.2, 0.25) is 5.91 Å². The van der Waals surface area contributed by atoms with Crippen molar-refractivity contribution in [3.8, 4) is 0 Å². The van der Waals surface area contributed by atoms with Crippen molar-refractivity contribution in [3.05, 3.63) is 34.9 Å². The first-order chi connectivity index (χ1) is 11.5. The first kappa shape index (κ1) is 20.6. The second-order valence-electron chi connectivity index (χ2n) is 7.33. The number of nitrogens with zero attached hydrogens (tertiary/aromatic N) is 1. The van der Waals surface area contributed by atoms with Crippen LogP contribution in [0.5, 0.6) is 0 Å². The van der Waals surface area contributed by atoms with Gasteiger partial charge < -0.3 is 15.3 Å². The van der Waals surface area contributed by atoms with E-state index in [0.29, 0.717) is 25.3 Å². The third-order valence-corrected chi connectivity index (χ3v) is 6.26. The van der Waals surface area contributed by atoms with E-state index in [2.05, 4.69) is 37.4 Å². The number of benzene rings is 1. The fourth-order valence-electron chi connectivity index (χ4n) is 3.95. The Morgan fingerprint density at radius 1 is 1.32 bits per heavy atom. The van der Waals surface area contributed by atoms with E-state index >= 15 is 0 Å². The number of nitrogens with one attached hydrogen (secondary N) is 1. The topological polar surface area (TPSA) is 52.6 Å². The molecule has 4 nitrogen and oxygen atoms in total. The highest BCUT2D eigenvalue weighted by molar-refractivity contribution is 7.99. The number of amides is 1. The van der Waals surface area contributed by atoms with Gasteiger partial charge >= 0.3 is 0 Å². The van der Waals surface area contributed by atoms with Crippen LogP contribution in [-0.4, -0.2) is 53.4 Å². The van der Waals surface area contributed by atoms with Gasteiger partial charge in [-0.05, 0) is 38.8 Å². The molecule has 0 aromatic heterocycles. The molecule has 2 aliphatic heterocycles. The lowest BCUT2D eigenvalue weighted by Crippen LogP contribution is -2.60. The molecule has 1 aromatic carbocycles. The second-order valence-corrected chi connectivity index (χ2v) is 8.32. The summed E-state index contributed by atoms with van der Waals surface area (Å²) < 4.78 is 0. The number of carbonyl (C=O) groups is 1. The van der Waals surface area contributed by atoms with Crippen LogP contribution in [0.4, 0.5) is 0 Å². The number of hydrogen-bond acceptors (Lipinski definition) is 4. The highest BCUT2D eigenvalue weighted by atomic mass is 35.5. The molecular formula is C19H29ClN2O2S. The molecular weight excluding hydrogens is 356 g/mol. The van der Waals surface area contributed by atoms with Gasteiger partial charge in [-0.1, -0.05) is 29.3 Å². The average molecular weight is 385 g/mol. The zero-order valence-electron chi connectivity index (χ0n) is 15.1. The van der Waals surface area contributed by atoms with Gasteiger partial charge in [0.05, 0.1) is 11.4 Å². The Labute approximate surface area is 161 Å². The minimum atomic E-state index is -0.561. The van der Waals surface area contributed by atoms with Gasteiger partial charge in [0.25, 0.3) is 0 Å². The first-order valence-electron chi connectivity index (χ1n) is 8.82. The fraction of sp³-hybridized carbons (Fsp3) is 0.632. The van der Waals surface area contributed by atoms with Crippen molar-refractivity contribution in [2.45, 2.75) is 38.0 Å². The largest absolute Gasteiger partial charge is 0.389 e. The van der Waals surface area contributed by atoms with E-state index in [9.17, 15) is 9.90 Å². The van der Waals surface area contributed by atoms with E-state index in [0.717, 1.165) is 25.3 Å². The van der Waals surface area contributed by atoms with E-state index in [-0.39, 0.29) is 24.2 Å². The molecule has 2 N–H and O–H groups in total. The number of likely N-dealkylation sites (tertiary alicyclic amines) is 1. The Hall–Kier alpha value is -0.750. The maximum absolute atomic E-state index is 12.5. The Balaban J connectivity index is 0.00000225. The number of aryl methyl sites for hydroxylation is 2. The Bertz CT molecular complexity index is 593. The molecule has 2 fully saturated rings. The third-order valence-electron chi connectivity index (χ3n) is 5.27. The quantitative estimate of drug-likeness (QED) is 0.837. The molecule has 0 aliphatic carbocycles. The van der Waals surface area contributed by atoms with Gasteiger partial charge in [-0.25, -0.2) is 0 Å². The highest BCUT2D eigenvalue weighted by Gasteiger charge is 2.43. The van der Waals surface area contributed by atoms with Crippen LogP contribution in [0.15, 0.2) is 18.2 Å². The summed E-state index contributed by atoms with van der Waals surface area (Å²) in [6.45, 7) is 7.30. The molecule has 0 bridgehead atoms. The predicted octanol–water partition coefficient (Wildman–Crippen LogP) is 2.53. The molecule has 0 unspecified atom stereocenters. The summed E-state index contributed by atoms with van der Waals surface area (Å²) in [7, 11) is 0. The monoisotopic (exact) mass is 384 g/mol. The van der Waals surface area contributed by atoms with Gasteiger partial charge in [-0.3, -0.25) is 4.79 Å². The molecule has 1 amide bonds. The molecule has 1 aromatic rings.